The zero-order chi connectivity index (χ0) is 11.6. The number of rotatable bonds is 3. The van der Waals surface area contributed by atoms with Gasteiger partial charge in [-0.05, 0) is 18.6 Å². The Morgan fingerprint density at radius 3 is 3.00 bits per heavy atom. The lowest BCUT2D eigenvalue weighted by Crippen LogP contribution is -2.45. The third-order valence-corrected chi connectivity index (χ3v) is 3.68. The molecule has 1 atom stereocenters. The summed E-state index contributed by atoms with van der Waals surface area (Å²) < 4.78 is 10.1. The number of carbonyl (C=O) groups excluding carboxylic acids is 1. The lowest BCUT2D eigenvalue weighted by atomic mass is 9.97. The molecule has 0 N–H and O–H groups in total. The number of esters is 1. The fourth-order valence-electron chi connectivity index (χ4n) is 1.69. The molecule has 4 heteroatoms. The van der Waals surface area contributed by atoms with Crippen molar-refractivity contribution in [3.05, 3.63) is 29.8 Å². The fraction of sp³-hybridized carbons (Fsp3) is 0.417. The molecule has 1 heterocycles. The van der Waals surface area contributed by atoms with Crippen LogP contribution >= 0.6 is 22.6 Å². The topological polar surface area (TPSA) is 35.5 Å². The summed E-state index contributed by atoms with van der Waals surface area (Å²) in [4.78, 5) is 11.9. The van der Waals surface area contributed by atoms with Crippen LogP contribution in [-0.2, 0) is 16.0 Å². The highest BCUT2D eigenvalue weighted by molar-refractivity contribution is 14.1. The Morgan fingerprint density at radius 2 is 2.25 bits per heavy atom. The van der Waals surface area contributed by atoms with Gasteiger partial charge in [0.25, 0.3) is 0 Å². The largest absolute Gasteiger partial charge is 0.425 e. The first-order valence-electron chi connectivity index (χ1n) is 5.22. The maximum Gasteiger partial charge on any atom is 0.330 e. The van der Waals surface area contributed by atoms with E-state index in [0.717, 1.165) is 5.56 Å². The maximum atomic E-state index is 11.9. The van der Waals surface area contributed by atoms with E-state index in [1.165, 1.54) is 0 Å². The van der Waals surface area contributed by atoms with Crippen LogP contribution in [0.15, 0.2) is 24.3 Å². The van der Waals surface area contributed by atoms with Crippen molar-refractivity contribution in [1.29, 1.82) is 0 Å². The number of alkyl halides is 1. The molecule has 0 aromatic heterocycles. The second kappa shape index (κ2) is 4.71. The van der Waals surface area contributed by atoms with E-state index in [1.54, 1.807) is 0 Å². The quantitative estimate of drug-likeness (QED) is 0.369. The van der Waals surface area contributed by atoms with Crippen molar-refractivity contribution in [3.8, 4) is 5.75 Å². The van der Waals surface area contributed by atoms with Gasteiger partial charge in [-0.2, -0.15) is 0 Å². The van der Waals surface area contributed by atoms with Gasteiger partial charge >= 0.3 is 5.97 Å². The normalized spacial score (nSPS) is 23.8. The summed E-state index contributed by atoms with van der Waals surface area (Å²) in [5.74, 6) is 0.469. The molecule has 1 aliphatic rings. The Kier molecular flexibility index (Phi) is 3.49. The summed E-state index contributed by atoms with van der Waals surface area (Å²) in [6.07, 6.45) is 0.669. The predicted molar refractivity (Wildman–Crippen MR) is 69.0 cm³/mol. The smallest absolute Gasteiger partial charge is 0.330 e. The third kappa shape index (κ3) is 2.22. The average Bonchev–Trinajstić information content (AvgIpc) is 2.28. The number of ether oxygens (including phenoxy) is 2. The van der Waals surface area contributed by atoms with E-state index in [4.69, 9.17) is 9.47 Å². The summed E-state index contributed by atoms with van der Waals surface area (Å²) in [6, 6.07) is 7.63. The number of fused-ring (bicyclic) bond motifs is 1. The zero-order valence-electron chi connectivity index (χ0n) is 9.03. The van der Waals surface area contributed by atoms with Crippen molar-refractivity contribution in [2.45, 2.75) is 16.8 Å². The molecule has 0 fully saturated rings. The van der Waals surface area contributed by atoms with E-state index in [9.17, 15) is 4.79 Å². The molecule has 0 bridgehead atoms. The molecule has 0 saturated carbocycles. The average molecular weight is 332 g/mol. The molecule has 1 aliphatic heterocycles. The van der Waals surface area contributed by atoms with E-state index in [2.05, 4.69) is 22.6 Å². The molecule has 0 amide bonds. The summed E-state index contributed by atoms with van der Waals surface area (Å²) in [5.41, 5.74) is 1.07. The van der Waals surface area contributed by atoms with Gasteiger partial charge in [0.15, 0.2) is 0 Å². The van der Waals surface area contributed by atoms with Gasteiger partial charge in [-0.15, -0.1) is 0 Å². The van der Waals surface area contributed by atoms with Crippen LogP contribution in [0.3, 0.4) is 0 Å². The molecule has 1 unspecified atom stereocenters. The predicted octanol–water partition coefficient (Wildman–Crippen LogP) is 2.36. The third-order valence-electron chi connectivity index (χ3n) is 2.55. The summed E-state index contributed by atoms with van der Waals surface area (Å²) in [5, 5.41) is 0. The van der Waals surface area contributed by atoms with Gasteiger partial charge in [0.1, 0.15) is 9.17 Å². The molecule has 0 saturated heterocycles. The SMILES string of the molecule is CCOCC1(I)Cc2ccccc2OC1=O. The van der Waals surface area contributed by atoms with Gasteiger partial charge in [0, 0.05) is 13.0 Å². The monoisotopic (exact) mass is 332 g/mol. The number of benzene rings is 1. The maximum absolute atomic E-state index is 11.9. The second-order valence-corrected chi connectivity index (χ2v) is 5.84. The van der Waals surface area contributed by atoms with Gasteiger partial charge in [-0.3, -0.25) is 4.79 Å². The molecule has 2 rings (SSSR count). The Morgan fingerprint density at radius 1 is 1.50 bits per heavy atom. The van der Waals surface area contributed by atoms with Crippen LogP contribution < -0.4 is 4.74 Å². The van der Waals surface area contributed by atoms with Crippen molar-refractivity contribution < 1.29 is 14.3 Å². The molecule has 3 nitrogen and oxygen atoms in total. The van der Waals surface area contributed by atoms with E-state index >= 15 is 0 Å². The van der Waals surface area contributed by atoms with Gasteiger partial charge in [0.2, 0.25) is 0 Å². The van der Waals surface area contributed by atoms with Crippen LogP contribution in [0, 0.1) is 0 Å². The lowest BCUT2D eigenvalue weighted by molar-refractivity contribution is -0.139. The molecule has 0 radical (unpaired) electrons. The zero-order valence-corrected chi connectivity index (χ0v) is 11.2. The molecule has 1 aromatic rings. The van der Waals surface area contributed by atoms with Gasteiger partial charge in [0.05, 0.1) is 6.61 Å². The Balaban J connectivity index is 2.23. The Hall–Kier alpha value is -0.620. The molecular weight excluding hydrogens is 319 g/mol. The van der Waals surface area contributed by atoms with Crippen LogP contribution in [0.25, 0.3) is 0 Å². The summed E-state index contributed by atoms with van der Waals surface area (Å²) >= 11 is 2.14. The van der Waals surface area contributed by atoms with Gasteiger partial charge < -0.3 is 9.47 Å². The van der Waals surface area contributed by atoms with Crippen molar-refractivity contribution in [3.63, 3.8) is 0 Å². The summed E-state index contributed by atoms with van der Waals surface area (Å²) in [7, 11) is 0. The van der Waals surface area contributed by atoms with Crippen LogP contribution in [0.4, 0.5) is 0 Å². The van der Waals surface area contributed by atoms with E-state index in [1.807, 2.05) is 31.2 Å². The first kappa shape index (κ1) is 11.9. The number of carbonyl (C=O) groups is 1. The second-order valence-electron chi connectivity index (χ2n) is 3.78. The van der Waals surface area contributed by atoms with E-state index < -0.39 is 3.42 Å². The minimum absolute atomic E-state index is 0.208. The number of para-hydroxylation sites is 1. The van der Waals surface area contributed by atoms with Crippen molar-refractivity contribution in [1.82, 2.24) is 0 Å². The standard InChI is InChI=1S/C12H13IO3/c1-2-15-8-12(13)7-9-5-3-4-6-10(9)16-11(12)14/h3-6H,2,7-8H2,1H3. The van der Waals surface area contributed by atoms with Crippen LogP contribution in [0.1, 0.15) is 12.5 Å². The highest BCUT2D eigenvalue weighted by Crippen LogP contribution is 2.35. The molecule has 16 heavy (non-hydrogen) atoms. The first-order valence-corrected chi connectivity index (χ1v) is 6.30. The molecule has 1 aromatic carbocycles. The van der Waals surface area contributed by atoms with Crippen LogP contribution in [-0.4, -0.2) is 22.6 Å². The minimum Gasteiger partial charge on any atom is -0.425 e. The van der Waals surface area contributed by atoms with Crippen LogP contribution in [0.2, 0.25) is 0 Å². The first-order chi connectivity index (χ1) is 7.65. The molecular formula is C12H13IO3. The number of halogens is 1. The number of hydrogen-bond acceptors (Lipinski definition) is 3. The van der Waals surface area contributed by atoms with Crippen molar-refractivity contribution >= 4 is 28.6 Å². The highest BCUT2D eigenvalue weighted by atomic mass is 127. The molecule has 0 aliphatic carbocycles. The van der Waals surface area contributed by atoms with Crippen molar-refractivity contribution in [2.75, 3.05) is 13.2 Å². The molecule has 0 spiro atoms. The Bertz CT molecular complexity index is 405. The van der Waals surface area contributed by atoms with Crippen LogP contribution in [0.5, 0.6) is 5.75 Å². The van der Waals surface area contributed by atoms with E-state index in [-0.39, 0.29) is 5.97 Å². The number of hydrogen-bond donors (Lipinski definition) is 0. The minimum atomic E-state index is -0.581. The highest BCUT2D eigenvalue weighted by Gasteiger charge is 2.42. The molecule has 86 valence electrons. The summed E-state index contributed by atoms with van der Waals surface area (Å²) in [6.45, 7) is 2.93. The van der Waals surface area contributed by atoms with Gasteiger partial charge in [-0.1, -0.05) is 40.8 Å². The lowest BCUT2D eigenvalue weighted by Gasteiger charge is -2.30. The van der Waals surface area contributed by atoms with Crippen molar-refractivity contribution in [2.24, 2.45) is 0 Å². The fourth-order valence-corrected chi connectivity index (χ4v) is 2.43. The Labute approximate surface area is 108 Å². The van der Waals surface area contributed by atoms with E-state index in [0.29, 0.717) is 25.4 Å². The van der Waals surface area contributed by atoms with Gasteiger partial charge in [-0.25, -0.2) is 0 Å².